The molecule has 0 saturated heterocycles. The van der Waals surface area contributed by atoms with Gasteiger partial charge in [0, 0.05) is 6.04 Å². The first-order valence-electron chi connectivity index (χ1n) is 9.26. The Kier molecular flexibility index (Phi) is 7.23. The molecule has 2 unspecified atom stereocenters. The molecule has 4 nitrogen and oxygen atoms in total. The maximum absolute atomic E-state index is 12.7. The van der Waals surface area contributed by atoms with Gasteiger partial charge in [0.05, 0.1) is 11.5 Å². The third-order valence-corrected chi connectivity index (χ3v) is 6.16. The quantitative estimate of drug-likeness (QED) is 0.669. The van der Waals surface area contributed by atoms with E-state index in [0.717, 1.165) is 12.0 Å². The molecule has 2 aromatic rings. The van der Waals surface area contributed by atoms with Gasteiger partial charge in [-0.1, -0.05) is 45.0 Å². The van der Waals surface area contributed by atoms with Crippen LogP contribution in [-0.2, 0) is 10.0 Å². The van der Waals surface area contributed by atoms with E-state index in [1.165, 1.54) is 5.56 Å². The fourth-order valence-corrected chi connectivity index (χ4v) is 4.12. The summed E-state index contributed by atoms with van der Waals surface area (Å²) in [4.78, 5) is 0.246. The van der Waals surface area contributed by atoms with Crippen LogP contribution in [0, 0.1) is 0 Å². The van der Waals surface area contributed by atoms with Gasteiger partial charge < -0.3 is 4.74 Å². The number of sulfonamides is 1. The zero-order chi connectivity index (χ0) is 19.2. The summed E-state index contributed by atoms with van der Waals surface area (Å²) in [5, 5.41) is 0. The Balaban J connectivity index is 2.17. The van der Waals surface area contributed by atoms with Crippen LogP contribution in [0.15, 0.2) is 53.4 Å². The molecule has 2 atom stereocenters. The molecule has 2 rings (SSSR count). The van der Waals surface area contributed by atoms with Crippen molar-refractivity contribution in [2.75, 3.05) is 6.61 Å². The zero-order valence-corrected chi connectivity index (χ0v) is 16.8. The van der Waals surface area contributed by atoms with Crippen LogP contribution in [0.4, 0.5) is 0 Å². The van der Waals surface area contributed by atoms with Gasteiger partial charge in [-0.3, -0.25) is 0 Å². The first-order chi connectivity index (χ1) is 12.4. The van der Waals surface area contributed by atoms with Crippen molar-refractivity contribution in [1.29, 1.82) is 0 Å². The average Bonchev–Trinajstić information content (AvgIpc) is 2.66. The molecule has 0 bridgehead atoms. The van der Waals surface area contributed by atoms with Crippen LogP contribution in [0.5, 0.6) is 5.75 Å². The summed E-state index contributed by atoms with van der Waals surface area (Å²) in [6.45, 7) is 8.78. The van der Waals surface area contributed by atoms with E-state index in [0.29, 0.717) is 24.7 Å². The minimum atomic E-state index is -3.59. The molecule has 1 N–H and O–H groups in total. The Morgan fingerprint density at radius 1 is 0.885 bits per heavy atom. The van der Waals surface area contributed by atoms with Crippen LogP contribution < -0.4 is 9.46 Å². The molecule has 0 aliphatic rings. The lowest BCUT2D eigenvalue weighted by atomic mass is 9.96. The standard InChI is InChI=1S/C21H29NO3S/c1-5-16(4)17-8-10-18(11-9-17)21(6-2)22-26(23,24)20-14-12-19(13-15-20)25-7-3/h8-16,21-22H,5-7H2,1-4H3. The number of hydrogen-bond acceptors (Lipinski definition) is 3. The molecule has 0 aliphatic heterocycles. The SMILES string of the molecule is CCOc1ccc(S(=O)(=O)NC(CC)c2ccc(C(C)CC)cc2)cc1. The molecule has 2 aromatic carbocycles. The first kappa shape index (κ1) is 20.5. The van der Waals surface area contributed by atoms with Crippen molar-refractivity contribution in [3.05, 3.63) is 59.7 Å². The lowest BCUT2D eigenvalue weighted by Gasteiger charge is -2.19. The Labute approximate surface area is 157 Å². The number of ether oxygens (including phenoxy) is 1. The second-order valence-electron chi connectivity index (χ2n) is 6.46. The number of benzene rings is 2. The summed E-state index contributed by atoms with van der Waals surface area (Å²) < 4.78 is 33.6. The van der Waals surface area contributed by atoms with Gasteiger partial charge in [0.2, 0.25) is 10.0 Å². The predicted molar refractivity (Wildman–Crippen MR) is 106 cm³/mol. The monoisotopic (exact) mass is 375 g/mol. The van der Waals surface area contributed by atoms with E-state index in [4.69, 9.17) is 4.74 Å². The first-order valence-corrected chi connectivity index (χ1v) is 10.7. The Morgan fingerprint density at radius 2 is 1.46 bits per heavy atom. The molecular weight excluding hydrogens is 346 g/mol. The topological polar surface area (TPSA) is 55.4 Å². The van der Waals surface area contributed by atoms with Gasteiger partial charge in [0.25, 0.3) is 0 Å². The van der Waals surface area contributed by atoms with Crippen molar-refractivity contribution in [1.82, 2.24) is 4.72 Å². The van der Waals surface area contributed by atoms with Crippen molar-refractivity contribution in [3.8, 4) is 5.75 Å². The Hall–Kier alpha value is -1.85. The van der Waals surface area contributed by atoms with Gasteiger partial charge in [-0.2, -0.15) is 0 Å². The van der Waals surface area contributed by atoms with Crippen LogP contribution in [0.25, 0.3) is 0 Å². The highest BCUT2D eigenvalue weighted by Gasteiger charge is 2.20. The largest absolute Gasteiger partial charge is 0.494 e. The number of rotatable bonds is 9. The van der Waals surface area contributed by atoms with Crippen LogP contribution in [0.3, 0.4) is 0 Å². The third-order valence-electron chi connectivity index (χ3n) is 4.67. The Bertz CT molecular complexity index is 783. The lowest BCUT2D eigenvalue weighted by Crippen LogP contribution is -2.28. The zero-order valence-electron chi connectivity index (χ0n) is 16.0. The molecular formula is C21H29NO3S. The highest BCUT2D eigenvalue weighted by atomic mass is 32.2. The van der Waals surface area contributed by atoms with E-state index in [9.17, 15) is 8.42 Å². The molecule has 142 valence electrons. The minimum Gasteiger partial charge on any atom is -0.494 e. The van der Waals surface area contributed by atoms with E-state index in [1.807, 2.05) is 26.0 Å². The maximum atomic E-state index is 12.7. The molecule has 0 amide bonds. The van der Waals surface area contributed by atoms with Gasteiger partial charge in [0.1, 0.15) is 5.75 Å². The van der Waals surface area contributed by atoms with Crippen LogP contribution in [0.2, 0.25) is 0 Å². The molecule has 0 saturated carbocycles. The van der Waals surface area contributed by atoms with Gasteiger partial charge in [0.15, 0.2) is 0 Å². The summed E-state index contributed by atoms with van der Waals surface area (Å²) in [6, 6.07) is 14.5. The van der Waals surface area contributed by atoms with Crippen molar-refractivity contribution in [2.24, 2.45) is 0 Å². The van der Waals surface area contributed by atoms with Crippen molar-refractivity contribution >= 4 is 10.0 Å². The molecule has 0 aliphatic carbocycles. The average molecular weight is 376 g/mol. The number of nitrogens with one attached hydrogen (secondary N) is 1. The summed E-state index contributed by atoms with van der Waals surface area (Å²) in [7, 11) is -3.59. The molecule has 0 fully saturated rings. The predicted octanol–water partition coefficient (Wildman–Crippen LogP) is 5.03. The molecule has 0 aromatic heterocycles. The molecule has 5 heteroatoms. The van der Waals surface area contributed by atoms with Crippen LogP contribution >= 0.6 is 0 Å². The molecule has 0 radical (unpaired) electrons. The van der Waals surface area contributed by atoms with Crippen LogP contribution in [-0.4, -0.2) is 15.0 Å². The van der Waals surface area contributed by atoms with Gasteiger partial charge >= 0.3 is 0 Å². The van der Waals surface area contributed by atoms with Crippen molar-refractivity contribution in [3.63, 3.8) is 0 Å². The molecule has 0 spiro atoms. The third kappa shape index (κ3) is 5.08. The van der Waals surface area contributed by atoms with Gasteiger partial charge in [-0.05, 0) is 61.1 Å². The normalized spacial score (nSPS) is 14.0. The highest BCUT2D eigenvalue weighted by Crippen LogP contribution is 2.25. The van der Waals surface area contributed by atoms with Gasteiger partial charge in [-0.25, -0.2) is 13.1 Å². The number of hydrogen-bond donors (Lipinski definition) is 1. The second kappa shape index (κ2) is 9.19. The van der Waals surface area contributed by atoms with E-state index in [-0.39, 0.29) is 10.9 Å². The Morgan fingerprint density at radius 3 is 1.96 bits per heavy atom. The minimum absolute atomic E-state index is 0.246. The van der Waals surface area contributed by atoms with Crippen molar-refractivity contribution < 1.29 is 13.2 Å². The molecule has 26 heavy (non-hydrogen) atoms. The fourth-order valence-electron chi connectivity index (χ4n) is 2.82. The lowest BCUT2D eigenvalue weighted by molar-refractivity contribution is 0.340. The van der Waals surface area contributed by atoms with E-state index < -0.39 is 10.0 Å². The smallest absolute Gasteiger partial charge is 0.241 e. The maximum Gasteiger partial charge on any atom is 0.241 e. The highest BCUT2D eigenvalue weighted by molar-refractivity contribution is 7.89. The van der Waals surface area contributed by atoms with Gasteiger partial charge in [-0.15, -0.1) is 0 Å². The summed E-state index contributed by atoms with van der Waals surface area (Å²) >= 11 is 0. The van der Waals surface area contributed by atoms with Crippen molar-refractivity contribution in [2.45, 2.75) is 57.4 Å². The summed E-state index contributed by atoms with van der Waals surface area (Å²) in [6.07, 6.45) is 1.76. The second-order valence-corrected chi connectivity index (χ2v) is 8.18. The summed E-state index contributed by atoms with van der Waals surface area (Å²) in [5.74, 6) is 1.17. The van der Waals surface area contributed by atoms with Crippen LogP contribution in [0.1, 0.15) is 63.6 Å². The van der Waals surface area contributed by atoms with E-state index in [1.54, 1.807) is 24.3 Å². The van der Waals surface area contributed by atoms with E-state index >= 15 is 0 Å². The fraction of sp³-hybridized carbons (Fsp3) is 0.429. The molecule has 0 heterocycles. The summed E-state index contributed by atoms with van der Waals surface area (Å²) in [5.41, 5.74) is 2.26. The van der Waals surface area contributed by atoms with E-state index in [2.05, 4.69) is 30.7 Å².